The van der Waals surface area contributed by atoms with Gasteiger partial charge in [0.25, 0.3) is 0 Å². The Bertz CT molecular complexity index is 484. The topological polar surface area (TPSA) is 13.1 Å². The second kappa shape index (κ2) is 5.10. The van der Waals surface area contributed by atoms with Crippen molar-refractivity contribution in [1.82, 2.24) is 0 Å². The van der Waals surface area contributed by atoms with Crippen LogP contribution in [0.1, 0.15) is 12.1 Å². The van der Waals surface area contributed by atoms with Crippen LogP contribution in [0.2, 0.25) is 0 Å². The van der Waals surface area contributed by atoms with E-state index < -0.39 is 30.4 Å². The second-order valence-electron chi connectivity index (χ2n) is 4.23. The van der Waals surface area contributed by atoms with Crippen LogP contribution in [0.25, 0.3) is 0 Å². The molecule has 114 valence electrons. The highest BCUT2D eigenvalue weighted by molar-refractivity contribution is 5.19. The Kier molecular flexibility index (Phi) is 4.21. The number of rotatable bonds is 4. The molecule has 9 heteroatoms. The van der Waals surface area contributed by atoms with E-state index in [4.69, 9.17) is 0 Å². The maximum absolute atomic E-state index is 13.2. The average Bonchev–Trinajstić information content (AvgIpc) is 2.19. The van der Waals surface area contributed by atoms with Crippen LogP contribution in [0, 0.1) is 6.92 Å². The highest BCUT2D eigenvalue weighted by Crippen LogP contribution is 2.43. The van der Waals surface area contributed by atoms with Gasteiger partial charge in [-0.3, -0.25) is 0 Å². The summed E-state index contributed by atoms with van der Waals surface area (Å²) in [5, 5.41) is 0. The molecule has 0 N–H and O–H groups in total. The van der Waals surface area contributed by atoms with Crippen LogP contribution in [-0.2, 0) is 7.05 Å². The molecule has 0 radical (unpaired) electrons. The summed E-state index contributed by atoms with van der Waals surface area (Å²) in [5.74, 6) is -6.01. The van der Waals surface area contributed by atoms with Crippen molar-refractivity contribution in [2.24, 2.45) is 7.05 Å². The molecule has 1 rings (SSSR count). The maximum atomic E-state index is 13.2. The van der Waals surface area contributed by atoms with Crippen molar-refractivity contribution < 1.29 is 40.0 Å². The summed E-state index contributed by atoms with van der Waals surface area (Å²) in [6, 6.07) is 1.96. The molecule has 0 aliphatic carbocycles. The molecule has 0 saturated carbocycles. The van der Waals surface area contributed by atoms with Crippen LogP contribution in [0.5, 0.6) is 5.75 Å². The minimum Gasteiger partial charge on any atom is -0.428 e. The molecule has 0 aliphatic heterocycles. The normalized spacial score (nSPS) is 13.4. The van der Waals surface area contributed by atoms with Crippen LogP contribution in [0.3, 0.4) is 0 Å². The van der Waals surface area contributed by atoms with E-state index in [2.05, 4.69) is 4.74 Å². The van der Waals surface area contributed by atoms with Crippen LogP contribution in [0.4, 0.5) is 30.7 Å². The number of nitrogens with zero attached hydrogens (tertiary/aromatic N) is 1. The Hall–Kier alpha value is -1.54. The van der Waals surface area contributed by atoms with E-state index in [1.54, 1.807) is 7.05 Å². The summed E-state index contributed by atoms with van der Waals surface area (Å²) in [4.78, 5) is 0. The van der Waals surface area contributed by atoms with E-state index in [0.29, 0.717) is 5.69 Å². The van der Waals surface area contributed by atoms with Gasteiger partial charge in [0, 0.05) is 19.1 Å². The number of pyridine rings is 1. The molecule has 1 heterocycles. The molecule has 2 nitrogen and oxygen atoms in total. The molecule has 0 saturated heterocycles. The lowest BCUT2D eigenvalue weighted by Crippen LogP contribution is -2.48. The number of alkyl halides is 7. The monoisotopic (exact) mass is 306 g/mol. The largest absolute Gasteiger partial charge is 0.464 e. The molecular weight excluding hydrogens is 295 g/mol. The first-order chi connectivity index (χ1) is 8.84. The molecule has 20 heavy (non-hydrogen) atoms. The van der Waals surface area contributed by atoms with E-state index in [9.17, 15) is 30.7 Å². The van der Waals surface area contributed by atoms with Crippen LogP contribution in [-0.4, -0.2) is 18.2 Å². The van der Waals surface area contributed by atoms with Gasteiger partial charge in [-0.15, -0.1) is 0 Å². The van der Waals surface area contributed by atoms with Crippen molar-refractivity contribution in [3.8, 4) is 5.75 Å². The lowest BCUT2D eigenvalue weighted by Gasteiger charge is -2.27. The van der Waals surface area contributed by atoms with Crippen molar-refractivity contribution in [3.05, 3.63) is 24.0 Å². The van der Waals surface area contributed by atoms with Crippen LogP contribution < -0.4 is 9.30 Å². The van der Waals surface area contributed by atoms with Gasteiger partial charge in [-0.25, -0.2) is 4.57 Å². The maximum Gasteiger partial charge on any atom is 0.464 e. The molecular formula is C11H11F7NO+. The zero-order chi connectivity index (χ0) is 15.8. The molecule has 0 spiro atoms. The van der Waals surface area contributed by atoms with Crippen LogP contribution in [0.15, 0.2) is 18.3 Å². The van der Waals surface area contributed by atoms with Gasteiger partial charge in [-0.2, -0.15) is 30.7 Å². The summed E-state index contributed by atoms with van der Waals surface area (Å²) >= 11 is 0. The summed E-state index contributed by atoms with van der Waals surface area (Å²) in [5.41, 5.74) is 0.400. The van der Waals surface area contributed by atoms with Crippen molar-refractivity contribution in [3.63, 3.8) is 0 Å². The van der Waals surface area contributed by atoms with Crippen molar-refractivity contribution >= 4 is 0 Å². The van der Waals surface area contributed by atoms with E-state index in [1.807, 2.05) is 0 Å². The fourth-order valence-electron chi connectivity index (χ4n) is 1.30. The number of hydrogen-bond donors (Lipinski definition) is 0. The van der Waals surface area contributed by atoms with Gasteiger partial charge in [0.2, 0.25) is 0 Å². The summed E-state index contributed by atoms with van der Waals surface area (Å²) in [6.07, 6.45) is -12.4. The molecule has 0 aromatic carbocycles. The number of aryl methyl sites for hydroxylation is 2. The van der Waals surface area contributed by atoms with Gasteiger partial charge in [0.15, 0.2) is 11.9 Å². The zero-order valence-corrected chi connectivity index (χ0v) is 10.4. The minimum absolute atomic E-state index is 0.400. The number of halogens is 7. The Morgan fingerprint density at radius 1 is 1.10 bits per heavy atom. The van der Waals surface area contributed by atoms with E-state index in [0.717, 1.165) is 12.1 Å². The van der Waals surface area contributed by atoms with Gasteiger partial charge >= 0.3 is 18.2 Å². The average molecular weight is 306 g/mol. The Morgan fingerprint density at radius 2 is 1.65 bits per heavy atom. The second-order valence-corrected chi connectivity index (χ2v) is 4.23. The Labute approximate surface area is 109 Å². The molecule has 1 aromatic rings. The van der Waals surface area contributed by atoms with Crippen molar-refractivity contribution in [1.29, 1.82) is 0 Å². The minimum atomic E-state index is -5.44. The van der Waals surface area contributed by atoms with Gasteiger partial charge in [-0.1, -0.05) is 0 Å². The highest BCUT2D eigenvalue weighted by atomic mass is 19.4. The van der Waals surface area contributed by atoms with E-state index >= 15 is 0 Å². The molecule has 0 bridgehead atoms. The van der Waals surface area contributed by atoms with E-state index in [-0.39, 0.29) is 0 Å². The Balaban J connectivity index is 2.95. The molecule has 1 aromatic heterocycles. The predicted molar refractivity (Wildman–Crippen MR) is 53.5 cm³/mol. The predicted octanol–water partition coefficient (Wildman–Crippen LogP) is 3.38. The third-order valence-corrected chi connectivity index (χ3v) is 2.46. The molecule has 0 atom stereocenters. The van der Waals surface area contributed by atoms with E-state index in [1.165, 1.54) is 17.7 Å². The van der Waals surface area contributed by atoms with Crippen molar-refractivity contribution in [2.45, 2.75) is 31.6 Å². The first-order valence-corrected chi connectivity index (χ1v) is 5.32. The van der Waals surface area contributed by atoms with Gasteiger partial charge < -0.3 is 4.74 Å². The molecule has 0 fully saturated rings. The fraction of sp³-hybridized carbons (Fsp3) is 0.545. The first kappa shape index (κ1) is 16.5. The standard InChI is InChI=1S/C11H11F7NO/c1-7-5-8(3-4-19(7)2)20-11(17,18)9(12,13)6-10(14,15)16/h3-5H,6H2,1-2H3/q+1. The lowest BCUT2D eigenvalue weighted by atomic mass is 10.2. The zero-order valence-electron chi connectivity index (χ0n) is 10.4. The smallest absolute Gasteiger partial charge is 0.428 e. The van der Waals surface area contributed by atoms with Gasteiger partial charge in [0.1, 0.15) is 19.2 Å². The quantitative estimate of drug-likeness (QED) is 0.614. The lowest BCUT2D eigenvalue weighted by molar-refractivity contribution is -0.677. The molecule has 0 aliphatic rings. The first-order valence-electron chi connectivity index (χ1n) is 5.32. The highest BCUT2D eigenvalue weighted by Gasteiger charge is 2.63. The number of ether oxygens (including phenoxy) is 1. The summed E-state index contributed by atoms with van der Waals surface area (Å²) in [6.45, 7) is 1.48. The van der Waals surface area contributed by atoms with Gasteiger partial charge in [-0.05, 0) is 0 Å². The summed E-state index contributed by atoms with van der Waals surface area (Å²) < 4.78 is 93.1. The number of hydrogen-bond acceptors (Lipinski definition) is 1. The van der Waals surface area contributed by atoms with Crippen LogP contribution >= 0.6 is 0 Å². The van der Waals surface area contributed by atoms with Gasteiger partial charge in [0.05, 0.1) is 0 Å². The molecule has 0 amide bonds. The Morgan fingerprint density at radius 3 is 2.10 bits per heavy atom. The SMILES string of the molecule is Cc1cc(OC(F)(F)C(F)(F)CC(F)(F)F)cc[n+]1C. The summed E-state index contributed by atoms with van der Waals surface area (Å²) in [7, 11) is 1.56. The third kappa shape index (κ3) is 3.97. The molecule has 0 unspecified atom stereocenters. The third-order valence-electron chi connectivity index (χ3n) is 2.46. The fourth-order valence-corrected chi connectivity index (χ4v) is 1.30. The van der Waals surface area contributed by atoms with Crippen molar-refractivity contribution in [2.75, 3.05) is 0 Å². The number of aromatic nitrogens is 1.